The Labute approximate surface area is 204 Å². The van der Waals surface area contributed by atoms with Crippen molar-refractivity contribution in [3.05, 3.63) is 48.0 Å². The number of nitrogens with one attached hydrogen (secondary N) is 1. The van der Waals surface area contributed by atoms with Crippen LogP contribution in [0.5, 0.6) is 11.5 Å². The lowest BCUT2D eigenvalue weighted by atomic mass is 10.1. The Morgan fingerprint density at radius 3 is 2.03 bits per heavy atom. The fourth-order valence-electron chi connectivity index (χ4n) is 4.72. The van der Waals surface area contributed by atoms with Crippen LogP contribution in [0, 0.1) is 6.92 Å². The Kier molecular flexibility index (Phi) is 9.87. The van der Waals surface area contributed by atoms with Crippen molar-refractivity contribution >= 4 is 16.8 Å². The number of hydrogen-bond acceptors (Lipinski definition) is 3. The molecule has 1 heterocycles. The predicted molar refractivity (Wildman–Crippen MR) is 141 cm³/mol. The Morgan fingerprint density at radius 1 is 0.824 bits per heavy atom. The van der Waals surface area contributed by atoms with Crippen LogP contribution in [0.4, 0.5) is 0 Å². The Morgan fingerprint density at radius 2 is 1.41 bits per heavy atom. The highest BCUT2D eigenvalue weighted by molar-refractivity contribution is 5.92. The lowest BCUT2D eigenvalue weighted by Crippen LogP contribution is -2.16. The Balaban J connectivity index is 1.60. The van der Waals surface area contributed by atoms with Crippen LogP contribution in [0.3, 0.4) is 0 Å². The van der Waals surface area contributed by atoms with Crippen LogP contribution < -0.4 is 14.8 Å². The van der Waals surface area contributed by atoms with Crippen molar-refractivity contribution in [1.82, 2.24) is 9.88 Å². The first kappa shape index (κ1) is 25.7. The van der Waals surface area contributed by atoms with E-state index in [0.717, 1.165) is 37.3 Å². The maximum atomic E-state index is 11.3. The molecule has 3 rings (SSSR count). The molecule has 184 valence electrons. The zero-order valence-electron chi connectivity index (χ0n) is 21.3. The smallest absolute Gasteiger partial charge is 0.219 e. The molecule has 3 aromatic rings. The zero-order chi connectivity index (χ0) is 24.3. The number of carbonyl (C=O) groups is 1. The summed E-state index contributed by atoms with van der Waals surface area (Å²) in [6, 6.07) is 14.8. The molecule has 0 aliphatic carbocycles. The van der Waals surface area contributed by atoms with Gasteiger partial charge in [0, 0.05) is 30.9 Å². The van der Waals surface area contributed by atoms with E-state index < -0.39 is 0 Å². The first-order valence-electron chi connectivity index (χ1n) is 12.6. The second-order valence-electron chi connectivity index (χ2n) is 8.99. The molecule has 0 atom stereocenters. The molecule has 1 aromatic heterocycles. The molecule has 0 aliphatic heterocycles. The van der Waals surface area contributed by atoms with Gasteiger partial charge in [-0.1, -0.05) is 38.5 Å². The average Bonchev–Trinajstić information content (AvgIpc) is 3.15. The first-order chi connectivity index (χ1) is 16.6. The van der Waals surface area contributed by atoms with E-state index in [0.29, 0.717) is 6.42 Å². The molecule has 2 aromatic carbocycles. The minimum Gasteiger partial charge on any atom is -0.497 e. The van der Waals surface area contributed by atoms with Gasteiger partial charge < -0.3 is 19.4 Å². The number of aromatic nitrogens is 1. The number of fused-ring (bicyclic) bond motifs is 1. The van der Waals surface area contributed by atoms with Crippen molar-refractivity contribution in [3.8, 4) is 22.8 Å². The van der Waals surface area contributed by atoms with Crippen molar-refractivity contribution in [2.45, 2.75) is 71.3 Å². The number of unbranched alkanes of at least 4 members (excludes halogenated alkanes) is 7. The molecule has 0 spiro atoms. The second-order valence-corrected chi connectivity index (χ2v) is 8.99. The van der Waals surface area contributed by atoms with Crippen LogP contribution >= 0.6 is 0 Å². The zero-order valence-corrected chi connectivity index (χ0v) is 21.3. The summed E-state index contributed by atoms with van der Waals surface area (Å²) >= 11 is 0. The van der Waals surface area contributed by atoms with Gasteiger partial charge in [-0.25, -0.2) is 0 Å². The molecule has 0 unspecified atom stereocenters. The third-order valence-corrected chi connectivity index (χ3v) is 6.70. The number of benzene rings is 2. The lowest BCUT2D eigenvalue weighted by molar-refractivity contribution is -0.120. The largest absolute Gasteiger partial charge is 0.497 e. The summed E-state index contributed by atoms with van der Waals surface area (Å²) in [6.45, 7) is 3.21. The van der Waals surface area contributed by atoms with E-state index in [1.807, 2.05) is 12.1 Å². The predicted octanol–water partition coefficient (Wildman–Crippen LogP) is 6.89. The summed E-state index contributed by atoms with van der Waals surface area (Å²) in [7, 11) is 5.13. The quantitative estimate of drug-likeness (QED) is 0.264. The SMILES string of the molecule is CNC(=O)CCCCCCCCCCn1c(-c2ccc(OC)cc2)c(C)c2cc(OC)ccc21. The van der Waals surface area contributed by atoms with Crippen molar-refractivity contribution < 1.29 is 14.3 Å². The number of methoxy groups -OCH3 is 2. The molecule has 0 saturated heterocycles. The van der Waals surface area contributed by atoms with E-state index >= 15 is 0 Å². The lowest BCUT2D eigenvalue weighted by Gasteiger charge is -2.13. The third kappa shape index (κ3) is 6.55. The normalized spacial score (nSPS) is 11.1. The highest BCUT2D eigenvalue weighted by Gasteiger charge is 2.16. The van der Waals surface area contributed by atoms with Gasteiger partial charge in [0.2, 0.25) is 5.91 Å². The molecule has 0 bridgehead atoms. The third-order valence-electron chi connectivity index (χ3n) is 6.70. The topological polar surface area (TPSA) is 52.5 Å². The Bertz CT molecular complexity index is 1050. The number of carbonyl (C=O) groups excluding carboxylic acids is 1. The van der Waals surface area contributed by atoms with Crippen LogP contribution in [0.15, 0.2) is 42.5 Å². The summed E-state index contributed by atoms with van der Waals surface area (Å²) in [4.78, 5) is 11.3. The number of aryl methyl sites for hydroxylation is 2. The van der Waals surface area contributed by atoms with E-state index in [1.165, 1.54) is 59.8 Å². The van der Waals surface area contributed by atoms with Crippen molar-refractivity contribution in [2.24, 2.45) is 0 Å². The molecule has 0 fully saturated rings. The van der Waals surface area contributed by atoms with E-state index in [-0.39, 0.29) is 5.91 Å². The summed E-state index contributed by atoms with van der Waals surface area (Å²) in [6.07, 6.45) is 10.2. The number of rotatable bonds is 14. The van der Waals surface area contributed by atoms with Crippen LogP contribution in [0.25, 0.3) is 22.2 Å². The standard InChI is InChI=1S/C29H40N2O3/c1-22-26-21-25(34-4)18-19-27(26)31(29(22)23-14-16-24(33-3)17-15-23)20-12-10-8-6-5-7-9-11-13-28(32)30-2/h14-19,21H,5-13,20H2,1-4H3,(H,30,32). The van der Waals surface area contributed by atoms with Crippen LogP contribution in [-0.2, 0) is 11.3 Å². The van der Waals surface area contributed by atoms with Gasteiger partial charge in [0.25, 0.3) is 0 Å². The highest BCUT2D eigenvalue weighted by atomic mass is 16.5. The molecular weight excluding hydrogens is 424 g/mol. The summed E-state index contributed by atoms with van der Waals surface area (Å²) in [5.74, 6) is 1.92. The van der Waals surface area contributed by atoms with Gasteiger partial charge in [-0.3, -0.25) is 4.79 Å². The van der Waals surface area contributed by atoms with Gasteiger partial charge >= 0.3 is 0 Å². The number of amides is 1. The van der Waals surface area contributed by atoms with E-state index in [9.17, 15) is 4.79 Å². The maximum absolute atomic E-state index is 11.3. The van der Waals surface area contributed by atoms with Crippen molar-refractivity contribution in [1.29, 1.82) is 0 Å². The molecule has 0 radical (unpaired) electrons. The number of hydrogen-bond donors (Lipinski definition) is 1. The molecule has 5 heteroatoms. The molecule has 5 nitrogen and oxygen atoms in total. The minimum absolute atomic E-state index is 0.153. The molecule has 34 heavy (non-hydrogen) atoms. The summed E-state index contributed by atoms with van der Waals surface area (Å²) in [5.41, 5.74) is 5.04. The van der Waals surface area contributed by atoms with Gasteiger partial charge in [-0.15, -0.1) is 0 Å². The van der Waals surface area contributed by atoms with Crippen molar-refractivity contribution in [3.63, 3.8) is 0 Å². The van der Waals surface area contributed by atoms with Crippen LogP contribution in [0.2, 0.25) is 0 Å². The molecule has 1 N–H and O–H groups in total. The van der Waals surface area contributed by atoms with Crippen LogP contribution in [0.1, 0.15) is 63.4 Å². The summed E-state index contributed by atoms with van der Waals surface area (Å²) in [5, 5.41) is 3.94. The van der Waals surface area contributed by atoms with Gasteiger partial charge in [-0.2, -0.15) is 0 Å². The number of nitrogens with zero attached hydrogens (tertiary/aromatic N) is 1. The molecule has 0 saturated carbocycles. The van der Waals surface area contributed by atoms with Gasteiger partial charge in [-0.05, 0) is 73.4 Å². The molecule has 1 amide bonds. The number of ether oxygens (including phenoxy) is 2. The highest BCUT2D eigenvalue weighted by Crippen LogP contribution is 2.36. The van der Waals surface area contributed by atoms with E-state index in [4.69, 9.17) is 9.47 Å². The maximum Gasteiger partial charge on any atom is 0.219 e. The van der Waals surface area contributed by atoms with E-state index in [2.05, 4.69) is 47.1 Å². The average molecular weight is 465 g/mol. The van der Waals surface area contributed by atoms with Crippen LogP contribution in [-0.4, -0.2) is 31.7 Å². The Hall–Kier alpha value is -2.95. The summed E-state index contributed by atoms with van der Waals surface area (Å²) < 4.78 is 13.3. The fourth-order valence-corrected chi connectivity index (χ4v) is 4.72. The van der Waals surface area contributed by atoms with Crippen molar-refractivity contribution in [2.75, 3.05) is 21.3 Å². The van der Waals surface area contributed by atoms with E-state index in [1.54, 1.807) is 21.3 Å². The minimum atomic E-state index is 0.153. The van der Waals surface area contributed by atoms with Gasteiger partial charge in [0.1, 0.15) is 11.5 Å². The first-order valence-corrected chi connectivity index (χ1v) is 12.6. The van der Waals surface area contributed by atoms with Gasteiger partial charge in [0.15, 0.2) is 0 Å². The molecular formula is C29H40N2O3. The molecule has 0 aliphatic rings. The fraction of sp³-hybridized carbons (Fsp3) is 0.483. The van der Waals surface area contributed by atoms with Gasteiger partial charge in [0.05, 0.1) is 19.9 Å². The monoisotopic (exact) mass is 464 g/mol. The second kappa shape index (κ2) is 13.1.